The topological polar surface area (TPSA) is 61.3 Å². The molecular formula is C18H32N2O. The third kappa shape index (κ3) is 8.49. The van der Waals surface area contributed by atoms with Crippen LogP contribution in [0.1, 0.15) is 71.1 Å². The first-order chi connectivity index (χ1) is 10.2. The number of hydrogen-bond donors (Lipinski definition) is 2. The molecule has 0 spiro atoms. The van der Waals surface area contributed by atoms with Gasteiger partial charge in [-0.1, -0.05) is 64.7 Å². The lowest BCUT2D eigenvalue weighted by atomic mass is 10.1. The first-order valence-electron chi connectivity index (χ1n) is 8.52. The fraction of sp³-hybridized carbons (Fsp3) is 0.667. The monoisotopic (exact) mass is 292 g/mol. The Morgan fingerprint density at radius 2 is 1.38 bits per heavy atom. The Bertz CT molecular complexity index is 379. The Morgan fingerprint density at radius 1 is 0.810 bits per heavy atom. The van der Waals surface area contributed by atoms with Crippen molar-refractivity contribution in [2.24, 2.45) is 0 Å². The van der Waals surface area contributed by atoms with Gasteiger partial charge in [0.1, 0.15) is 5.75 Å². The molecule has 120 valence electrons. The van der Waals surface area contributed by atoms with E-state index in [1.54, 1.807) is 18.2 Å². The van der Waals surface area contributed by atoms with E-state index in [1.165, 1.54) is 57.8 Å². The van der Waals surface area contributed by atoms with Crippen LogP contribution in [0.5, 0.6) is 5.75 Å². The summed E-state index contributed by atoms with van der Waals surface area (Å²) in [6.45, 7) is 2.99. The number of benzene rings is 1. The van der Waals surface area contributed by atoms with Crippen LogP contribution in [0.2, 0.25) is 0 Å². The highest BCUT2D eigenvalue weighted by molar-refractivity contribution is 5.59. The summed E-state index contributed by atoms with van der Waals surface area (Å²) in [5.74, 6) is 0.714. The van der Waals surface area contributed by atoms with Crippen LogP contribution in [0.3, 0.4) is 0 Å². The van der Waals surface area contributed by atoms with Crippen LogP contribution in [-0.2, 0) is 0 Å². The van der Waals surface area contributed by atoms with Gasteiger partial charge in [0.25, 0.3) is 0 Å². The summed E-state index contributed by atoms with van der Waals surface area (Å²) in [5, 5.41) is 0. The van der Waals surface area contributed by atoms with Crippen molar-refractivity contribution >= 4 is 11.4 Å². The average Bonchev–Trinajstić information content (AvgIpc) is 2.48. The molecule has 0 amide bonds. The standard InChI is InChI=1S/C18H32N2O/c1-2-3-4-5-6-7-8-9-10-11-14-21-18-15-16(19)12-13-17(18)20/h12-13,15H,2-11,14,19-20H2,1H3. The van der Waals surface area contributed by atoms with Crippen molar-refractivity contribution in [2.45, 2.75) is 71.1 Å². The quantitative estimate of drug-likeness (QED) is 0.413. The molecule has 21 heavy (non-hydrogen) atoms. The van der Waals surface area contributed by atoms with Gasteiger partial charge >= 0.3 is 0 Å². The number of ether oxygens (including phenoxy) is 1. The molecule has 1 aromatic rings. The first-order valence-corrected chi connectivity index (χ1v) is 8.52. The Hall–Kier alpha value is -1.38. The molecule has 0 radical (unpaired) electrons. The molecule has 0 aliphatic carbocycles. The zero-order valence-electron chi connectivity index (χ0n) is 13.6. The van der Waals surface area contributed by atoms with Gasteiger partial charge in [0.2, 0.25) is 0 Å². The van der Waals surface area contributed by atoms with Gasteiger partial charge in [0.15, 0.2) is 0 Å². The molecular weight excluding hydrogens is 260 g/mol. The van der Waals surface area contributed by atoms with Gasteiger partial charge < -0.3 is 16.2 Å². The van der Waals surface area contributed by atoms with E-state index < -0.39 is 0 Å². The predicted octanol–water partition coefficient (Wildman–Crippen LogP) is 5.15. The van der Waals surface area contributed by atoms with Crippen LogP contribution in [0, 0.1) is 0 Å². The average molecular weight is 292 g/mol. The van der Waals surface area contributed by atoms with Crippen LogP contribution in [0.15, 0.2) is 18.2 Å². The third-order valence-electron chi connectivity index (χ3n) is 3.79. The van der Waals surface area contributed by atoms with Crippen molar-refractivity contribution in [3.05, 3.63) is 18.2 Å². The first kappa shape index (κ1) is 17.7. The smallest absolute Gasteiger partial charge is 0.144 e. The van der Waals surface area contributed by atoms with E-state index in [4.69, 9.17) is 16.2 Å². The fourth-order valence-corrected chi connectivity index (χ4v) is 2.45. The number of nitrogen functional groups attached to an aromatic ring is 2. The van der Waals surface area contributed by atoms with E-state index in [0.29, 0.717) is 17.1 Å². The molecule has 0 unspecified atom stereocenters. The Labute approximate surface area is 130 Å². The predicted molar refractivity (Wildman–Crippen MR) is 92.6 cm³/mol. The minimum absolute atomic E-state index is 0.663. The highest BCUT2D eigenvalue weighted by atomic mass is 16.5. The van der Waals surface area contributed by atoms with Gasteiger partial charge in [-0.2, -0.15) is 0 Å². The maximum absolute atomic E-state index is 5.84. The minimum Gasteiger partial charge on any atom is -0.491 e. The second kappa shape index (κ2) is 11.3. The van der Waals surface area contributed by atoms with E-state index in [9.17, 15) is 0 Å². The van der Waals surface area contributed by atoms with Crippen LogP contribution < -0.4 is 16.2 Å². The van der Waals surface area contributed by atoms with Gasteiger partial charge in [0, 0.05) is 11.8 Å². The van der Waals surface area contributed by atoms with Crippen LogP contribution >= 0.6 is 0 Å². The van der Waals surface area contributed by atoms with Crippen LogP contribution in [0.25, 0.3) is 0 Å². The largest absolute Gasteiger partial charge is 0.491 e. The number of hydrogen-bond acceptors (Lipinski definition) is 3. The molecule has 3 nitrogen and oxygen atoms in total. The van der Waals surface area contributed by atoms with E-state index in [0.717, 1.165) is 13.0 Å². The minimum atomic E-state index is 0.663. The van der Waals surface area contributed by atoms with Crippen molar-refractivity contribution in [2.75, 3.05) is 18.1 Å². The number of rotatable bonds is 12. The van der Waals surface area contributed by atoms with E-state index >= 15 is 0 Å². The molecule has 0 heterocycles. The number of anilines is 2. The van der Waals surface area contributed by atoms with Crippen molar-refractivity contribution in [3.8, 4) is 5.75 Å². The maximum atomic E-state index is 5.84. The summed E-state index contributed by atoms with van der Waals surface area (Å²) < 4.78 is 5.68. The summed E-state index contributed by atoms with van der Waals surface area (Å²) in [5.41, 5.74) is 12.9. The summed E-state index contributed by atoms with van der Waals surface area (Å²) in [7, 11) is 0. The molecule has 0 saturated carbocycles. The molecule has 4 N–H and O–H groups in total. The molecule has 0 aliphatic heterocycles. The van der Waals surface area contributed by atoms with E-state index in [-0.39, 0.29) is 0 Å². The lowest BCUT2D eigenvalue weighted by molar-refractivity contribution is 0.306. The van der Waals surface area contributed by atoms with Crippen molar-refractivity contribution in [1.82, 2.24) is 0 Å². The summed E-state index contributed by atoms with van der Waals surface area (Å²) >= 11 is 0. The van der Waals surface area contributed by atoms with Crippen molar-refractivity contribution < 1.29 is 4.74 Å². The number of nitrogens with two attached hydrogens (primary N) is 2. The fourth-order valence-electron chi connectivity index (χ4n) is 2.45. The summed E-state index contributed by atoms with van der Waals surface area (Å²) in [4.78, 5) is 0. The number of unbranched alkanes of at least 4 members (excludes halogenated alkanes) is 9. The molecule has 0 bridgehead atoms. The summed E-state index contributed by atoms with van der Waals surface area (Å²) in [6, 6.07) is 5.39. The summed E-state index contributed by atoms with van der Waals surface area (Å²) in [6.07, 6.45) is 13.3. The lowest BCUT2D eigenvalue weighted by Crippen LogP contribution is -2.01. The highest BCUT2D eigenvalue weighted by Gasteiger charge is 2.00. The second-order valence-corrected chi connectivity index (χ2v) is 5.83. The third-order valence-corrected chi connectivity index (χ3v) is 3.79. The molecule has 0 atom stereocenters. The molecule has 1 rings (SSSR count). The van der Waals surface area contributed by atoms with Crippen molar-refractivity contribution in [3.63, 3.8) is 0 Å². The van der Waals surface area contributed by atoms with Gasteiger partial charge in [-0.05, 0) is 18.6 Å². The molecule has 1 aromatic carbocycles. The SMILES string of the molecule is CCCCCCCCCCCCOc1cc(N)ccc1N. The Balaban J connectivity index is 1.94. The van der Waals surface area contributed by atoms with Crippen LogP contribution in [-0.4, -0.2) is 6.61 Å². The molecule has 0 saturated heterocycles. The molecule has 3 heteroatoms. The van der Waals surface area contributed by atoms with Gasteiger partial charge in [-0.25, -0.2) is 0 Å². The lowest BCUT2D eigenvalue weighted by Gasteiger charge is -2.09. The van der Waals surface area contributed by atoms with Gasteiger partial charge in [0.05, 0.1) is 12.3 Å². The van der Waals surface area contributed by atoms with Gasteiger partial charge in [-0.3, -0.25) is 0 Å². The van der Waals surface area contributed by atoms with Gasteiger partial charge in [-0.15, -0.1) is 0 Å². The molecule has 0 fully saturated rings. The Kier molecular flexibility index (Phi) is 9.51. The van der Waals surface area contributed by atoms with E-state index in [1.807, 2.05) is 0 Å². The zero-order chi connectivity index (χ0) is 15.3. The molecule has 0 aromatic heterocycles. The zero-order valence-corrected chi connectivity index (χ0v) is 13.6. The highest BCUT2D eigenvalue weighted by Crippen LogP contribution is 2.24. The van der Waals surface area contributed by atoms with Crippen molar-refractivity contribution in [1.29, 1.82) is 0 Å². The van der Waals surface area contributed by atoms with Crippen LogP contribution in [0.4, 0.5) is 11.4 Å². The molecule has 0 aliphatic rings. The maximum Gasteiger partial charge on any atom is 0.144 e. The van der Waals surface area contributed by atoms with E-state index in [2.05, 4.69) is 6.92 Å². The normalized spacial score (nSPS) is 10.7. The Morgan fingerprint density at radius 3 is 2.00 bits per heavy atom. The second-order valence-electron chi connectivity index (χ2n) is 5.83.